The lowest BCUT2D eigenvalue weighted by atomic mass is 10.4. The molecule has 1 N–H and O–H groups in total. The average molecular weight is 284 g/mol. The van der Waals surface area contributed by atoms with Crippen LogP contribution in [0.4, 0.5) is 0 Å². The van der Waals surface area contributed by atoms with E-state index in [1.54, 1.807) is 10.8 Å². The smallest absolute Gasteiger partial charge is 0.323 e. The number of halogens is 1. The molecule has 2 aromatic rings. The summed E-state index contributed by atoms with van der Waals surface area (Å²) < 4.78 is 2.46. The van der Waals surface area contributed by atoms with E-state index in [0.717, 1.165) is 10.3 Å². The summed E-state index contributed by atoms with van der Waals surface area (Å²) in [6, 6.07) is 1.83. The lowest BCUT2D eigenvalue weighted by Crippen LogP contribution is -2.11. The van der Waals surface area contributed by atoms with Crippen molar-refractivity contribution in [3.05, 3.63) is 22.6 Å². The molecular formula is C10H10BrN3O2. The number of pyridine rings is 1. The monoisotopic (exact) mass is 283 g/mol. The molecule has 0 radical (unpaired) electrons. The number of hydrogen-bond acceptors (Lipinski definition) is 3. The third-order valence-corrected chi connectivity index (χ3v) is 2.67. The Kier molecular flexibility index (Phi) is 2.91. The van der Waals surface area contributed by atoms with Crippen molar-refractivity contribution in [1.29, 1.82) is 0 Å². The topological polar surface area (TPSA) is 68.0 Å². The Hall–Kier alpha value is -1.43. The van der Waals surface area contributed by atoms with Crippen LogP contribution < -0.4 is 0 Å². The van der Waals surface area contributed by atoms with Crippen molar-refractivity contribution in [2.45, 2.75) is 19.9 Å². The minimum Gasteiger partial charge on any atom is -0.480 e. The van der Waals surface area contributed by atoms with Gasteiger partial charge in [0.1, 0.15) is 17.9 Å². The molecule has 2 rings (SSSR count). The van der Waals surface area contributed by atoms with Crippen molar-refractivity contribution in [2.24, 2.45) is 0 Å². The van der Waals surface area contributed by atoms with Crippen molar-refractivity contribution in [3.8, 4) is 0 Å². The van der Waals surface area contributed by atoms with Gasteiger partial charge in [0.15, 0.2) is 5.65 Å². The maximum Gasteiger partial charge on any atom is 0.323 e. The van der Waals surface area contributed by atoms with Gasteiger partial charge in [0.2, 0.25) is 0 Å². The Morgan fingerprint density at radius 1 is 1.62 bits per heavy atom. The van der Waals surface area contributed by atoms with Crippen LogP contribution in [0.3, 0.4) is 0 Å². The van der Waals surface area contributed by atoms with Crippen molar-refractivity contribution in [3.63, 3.8) is 0 Å². The first-order valence-corrected chi connectivity index (χ1v) is 5.63. The van der Waals surface area contributed by atoms with Gasteiger partial charge in [-0.25, -0.2) is 9.97 Å². The first-order chi connectivity index (χ1) is 7.61. The highest BCUT2D eigenvalue weighted by Crippen LogP contribution is 2.18. The van der Waals surface area contributed by atoms with E-state index in [2.05, 4.69) is 25.9 Å². The number of rotatable bonds is 3. The van der Waals surface area contributed by atoms with Gasteiger partial charge in [-0.2, -0.15) is 0 Å². The van der Waals surface area contributed by atoms with Gasteiger partial charge in [-0.05, 0) is 22.0 Å². The average Bonchev–Trinajstić information content (AvgIpc) is 2.55. The second kappa shape index (κ2) is 4.21. The normalized spacial score (nSPS) is 10.9. The number of fused-ring (bicyclic) bond motifs is 1. The molecule has 2 aromatic heterocycles. The van der Waals surface area contributed by atoms with E-state index < -0.39 is 5.97 Å². The molecule has 0 spiro atoms. The number of hydrogen-bond donors (Lipinski definition) is 1. The lowest BCUT2D eigenvalue weighted by Gasteiger charge is -2.02. The van der Waals surface area contributed by atoms with Crippen molar-refractivity contribution >= 4 is 33.1 Å². The Balaban J connectivity index is 2.63. The predicted octanol–water partition coefficient (Wildman–Crippen LogP) is 1.84. The lowest BCUT2D eigenvalue weighted by molar-refractivity contribution is -0.137. The number of aliphatic carboxylic acids is 1. The molecule has 84 valence electrons. The molecule has 0 bridgehead atoms. The Bertz CT molecular complexity index is 550. The maximum atomic E-state index is 10.8. The van der Waals surface area contributed by atoms with Gasteiger partial charge < -0.3 is 9.67 Å². The predicted molar refractivity (Wildman–Crippen MR) is 62.2 cm³/mol. The van der Waals surface area contributed by atoms with E-state index in [1.807, 2.05) is 13.0 Å². The number of carboxylic acids is 1. The molecule has 2 heterocycles. The van der Waals surface area contributed by atoms with Gasteiger partial charge in [0, 0.05) is 17.1 Å². The number of carboxylic acid groups (broad SMARTS) is 1. The molecule has 0 fully saturated rings. The minimum absolute atomic E-state index is 0.103. The van der Waals surface area contributed by atoms with E-state index >= 15 is 0 Å². The van der Waals surface area contributed by atoms with E-state index in [9.17, 15) is 4.79 Å². The quantitative estimate of drug-likeness (QED) is 0.933. The fourth-order valence-corrected chi connectivity index (χ4v) is 1.92. The zero-order valence-electron chi connectivity index (χ0n) is 8.64. The summed E-state index contributed by atoms with van der Waals surface area (Å²) in [5, 5.41) is 8.83. The van der Waals surface area contributed by atoms with Crippen LogP contribution in [0.25, 0.3) is 11.2 Å². The van der Waals surface area contributed by atoms with Gasteiger partial charge in [0.05, 0.1) is 0 Å². The second-order valence-electron chi connectivity index (χ2n) is 3.36. The van der Waals surface area contributed by atoms with Gasteiger partial charge in [0.25, 0.3) is 0 Å². The molecule has 0 aromatic carbocycles. The third kappa shape index (κ3) is 1.92. The number of nitrogens with zero attached hydrogens (tertiary/aromatic N) is 3. The van der Waals surface area contributed by atoms with Gasteiger partial charge in [-0.15, -0.1) is 0 Å². The van der Waals surface area contributed by atoms with E-state index in [0.29, 0.717) is 17.6 Å². The number of aromatic nitrogens is 3. The largest absolute Gasteiger partial charge is 0.480 e. The molecule has 0 unspecified atom stereocenters. The van der Waals surface area contributed by atoms with Gasteiger partial charge in [-0.1, -0.05) is 6.92 Å². The SMILES string of the molecule is CCc1nc2cc(Br)cnc2n1CC(=O)O. The van der Waals surface area contributed by atoms with Crippen LogP contribution in [0.2, 0.25) is 0 Å². The zero-order chi connectivity index (χ0) is 11.7. The first-order valence-electron chi connectivity index (χ1n) is 4.84. The third-order valence-electron chi connectivity index (χ3n) is 2.24. The maximum absolute atomic E-state index is 10.8. The summed E-state index contributed by atoms with van der Waals surface area (Å²) in [5.74, 6) is -0.151. The molecule has 0 aliphatic carbocycles. The van der Waals surface area contributed by atoms with Crippen LogP contribution in [0.1, 0.15) is 12.7 Å². The molecule has 0 atom stereocenters. The Morgan fingerprint density at radius 2 is 2.38 bits per heavy atom. The summed E-state index contributed by atoms with van der Waals surface area (Å²) >= 11 is 3.31. The van der Waals surface area contributed by atoms with Crippen molar-refractivity contribution in [1.82, 2.24) is 14.5 Å². The van der Waals surface area contributed by atoms with E-state index in [1.165, 1.54) is 0 Å². The molecular weight excluding hydrogens is 274 g/mol. The fourth-order valence-electron chi connectivity index (χ4n) is 1.60. The molecule has 0 aliphatic heterocycles. The molecule has 16 heavy (non-hydrogen) atoms. The highest BCUT2D eigenvalue weighted by atomic mass is 79.9. The van der Waals surface area contributed by atoms with Gasteiger partial charge in [-0.3, -0.25) is 4.79 Å². The Labute approximate surface area is 100 Å². The standard InChI is InChI=1S/C10H10BrN3O2/c1-2-8-13-7-3-6(11)4-12-10(7)14(8)5-9(15)16/h3-4H,2,5H2,1H3,(H,15,16). The molecule has 5 nitrogen and oxygen atoms in total. The number of aryl methyl sites for hydroxylation is 1. The van der Waals surface area contributed by atoms with Crippen LogP contribution in [0.5, 0.6) is 0 Å². The van der Waals surface area contributed by atoms with Crippen LogP contribution >= 0.6 is 15.9 Å². The molecule has 0 amide bonds. The van der Waals surface area contributed by atoms with Crippen LogP contribution in [-0.2, 0) is 17.8 Å². The highest BCUT2D eigenvalue weighted by Gasteiger charge is 2.12. The molecule has 0 saturated carbocycles. The van der Waals surface area contributed by atoms with Crippen molar-refractivity contribution in [2.75, 3.05) is 0 Å². The Morgan fingerprint density at radius 3 is 3.00 bits per heavy atom. The van der Waals surface area contributed by atoms with Crippen molar-refractivity contribution < 1.29 is 9.90 Å². The number of carbonyl (C=O) groups is 1. The first kappa shape index (κ1) is 11.1. The summed E-state index contributed by atoms with van der Waals surface area (Å²) in [5.41, 5.74) is 1.33. The summed E-state index contributed by atoms with van der Waals surface area (Å²) in [6.07, 6.45) is 2.32. The highest BCUT2D eigenvalue weighted by molar-refractivity contribution is 9.10. The summed E-state index contributed by atoms with van der Waals surface area (Å²) in [4.78, 5) is 19.3. The molecule has 6 heteroatoms. The van der Waals surface area contributed by atoms with Crippen LogP contribution in [0.15, 0.2) is 16.7 Å². The molecule has 0 saturated heterocycles. The fraction of sp³-hybridized carbons (Fsp3) is 0.300. The van der Waals surface area contributed by atoms with E-state index in [4.69, 9.17) is 5.11 Å². The number of imidazole rings is 1. The zero-order valence-corrected chi connectivity index (χ0v) is 10.2. The van der Waals surface area contributed by atoms with E-state index in [-0.39, 0.29) is 6.54 Å². The van der Waals surface area contributed by atoms with Crippen LogP contribution in [-0.4, -0.2) is 25.6 Å². The summed E-state index contributed by atoms with van der Waals surface area (Å²) in [7, 11) is 0. The van der Waals surface area contributed by atoms with Crippen LogP contribution in [0, 0.1) is 0 Å². The molecule has 0 aliphatic rings. The van der Waals surface area contributed by atoms with Gasteiger partial charge >= 0.3 is 5.97 Å². The second-order valence-corrected chi connectivity index (χ2v) is 4.27. The minimum atomic E-state index is -0.890. The summed E-state index contributed by atoms with van der Waals surface area (Å²) in [6.45, 7) is 1.84.